The van der Waals surface area contributed by atoms with Gasteiger partial charge in [0.05, 0.1) is 18.4 Å². The monoisotopic (exact) mass is 431 g/mol. The van der Waals surface area contributed by atoms with E-state index < -0.39 is 0 Å². The summed E-state index contributed by atoms with van der Waals surface area (Å²) in [7, 11) is 1.63. The molecule has 166 valence electrons. The summed E-state index contributed by atoms with van der Waals surface area (Å²) in [5, 5.41) is 2.95. The van der Waals surface area contributed by atoms with Crippen LogP contribution >= 0.6 is 0 Å². The predicted molar refractivity (Wildman–Crippen MR) is 122 cm³/mol. The van der Waals surface area contributed by atoms with Crippen molar-refractivity contribution in [2.75, 3.05) is 20.2 Å². The molecule has 1 saturated heterocycles. The molecule has 1 aliphatic heterocycles. The minimum Gasteiger partial charge on any atom is -0.497 e. The number of likely N-dealkylation sites (tertiary alicyclic amines) is 1. The second-order valence-electron chi connectivity index (χ2n) is 8.19. The van der Waals surface area contributed by atoms with Crippen LogP contribution in [-0.2, 0) is 13.1 Å². The van der Waals surface area contributed by atoms with Gasteiger partial charge in [-0.2, -0.15) is 0 Å². The van der Waals surface area contributed by atoms with Gasteiger partial charge in [-0.25, -0.2) is 9.97 Å². The molecule has 0 unspecified atom stereocenters. The van der Waals surface area contributed by atoms with Gasteiger partial charge in [0.1, 0.15) is 11.6 Å². The predicted octanol–water partition coefficient (Wildman–Crippen LogP) is 3.50. The van der Waals surface area contributed by atoms with Gasteiger partial charge in [0.25, 0.3) is 5.91 Å². The molecule has 3 aromatic rings. The Morgan fingerprint density at radius 3 is 2.84 bits per heavy atom. The summed E-state index contributed by atoms with van der Waals surface area (Å²) >= 11 is 0. The molecule has 0 radical (unpaired) electrons. The standard InChI is InChI=1S/C25H29N5O2/c1-18-23(25(31)28-14-20-5-3-7-22(13-20)32-2)15-27-24(29-18)21-6-4-12-30(17-21)16-19-8-10-26-11-9-19/h3,5,7-11,13,15,21H,4,6,12,14,16-17H2,1-2H3,(H,28,31)/t21-/m0/s1. The summed E-state index contributed by atoms with van der Waals surface area (Å²) in [5.74, 6) is 1.70. The number of carbonyl (C=O) groups excluding carboxylic acids is 1. The molecule has 1 aliphatic rings. The summed E-state index contributed by atoms with van der Waals surface area (Å²) in [6.07, 6.45) is 7.51. The smallest absolute Gasteiger partial charge is 0.254 e. The van der Waals surface area contributed by atoms with Gasteiger partial charge in [-0.15, -0.1) is 0 Å². The third-order valence-corrected chi connectivity index (χ3v) is 5.86. The Kier molecular flexibility index (Phi) is 7.07. The van der Waals surface area contributed by atoms with Crippen molar-refractivity contribution in [3.8, 4) is 5.75 Å². The molecular weight excluding hydrogens is 402 g/mol. The lowest BCUT2D eigenvalue weighted by Crippen LogP contribution is -2.34. The van der Waals surface area contributed by atoms with Crippen molar-refractivity contribution in [3.05, 3.63) is 83.2 Å². The van der Waals surface area contributed by atoms with Crippen LogP contribution < -0.4 is 10.1 Å². The van der Waals surface area contributed by atoms with Crippen molar-refractivity contribution in [1.82, 2.24) is 25.2 Å². The number of benzene rings is 1. The Bertz CT molecular complexity index is 1060. The number of nitrogens with zero attached hydrogens (tertiary/aromatic N) is 4. The first-order valence-corrected chi connectivity index (χ1v) is 11.0. The first-order valence-electron chi connectivity index (χ1n) is 11.0. The van der Waals surface area contributed by atoms with Crippen LogP contribution in [0.15, 0.2) is 55.0 Å². The molecule has 0 bridgehead atoms. The van der Waals surface area contributed by atoms with E-state index in [1.54, 1.807) is 13.3 Å². The van der Waals surface area contributed by atoms with Crippen molar-refractivity contribution >= 4 is 5.91 Å². The van der Waals surface area contributed by atoms with Gasteiger partial charge in [-0.3, -0.25) is 14.7 Å². The average Bonchev–Trinajstić information content (AvgIpc) is 2.83. The molecule has 2 aromatic heterocycles. The second kappa shape index (κ2) is 10.3. The highest BCUT2D eigenvalue weighted by molar-refractivity contribution is 5.94. The number of hydrogen-bond donors (Lipinski definition) is 1. The minimum atomic E-state index is -0.167. The number of aryl methyl sites for hydroxylation is 1. The van der Waals surface area contributed by atoms with Crippen molar-refractivity contribution in [1.29, 1.82) is 0 Å². The average molecular weight is 432 g/mol. The number of nitrogens with one attached hydrogen (secondary N) is 1. The first kappa shape index (κ1) is 21.9. The summed E-state index contributed by atoms with van der Waals surface area (Å²) < 4.78 is 5.24. The van der Waals surface area contributed by atoms with Crippen molar-refractivity contribution < 1.29 is 9.53 Å². The molecule has 1 fully saturated rings. The number of aromatic nitrogens is 3. The summed E-state index contributed by atoms with van der Waals surface area (Å²) in [4.78, 5) is 28.5. The van der Waals surface area contributed by atoms with E-state index in [0.29, 0.717) is 17.8 Å². The Morgan fingerprint density at radius 1 is 1.22 bits per heavy atom. The van der Waals surface area contributed by atoms with E-state index >= 15 is 0 Å². The zero-order valence-corrected chi connectivity index (χ0v) is 18.6. The minimum absolute atomic E-state index is 0.167. The van der Waals surface area contributed by atoms with E-state index in [2.05, 4.69) is 32.3 Å². The Morgan fingerprint density at radius 2 is 2.06 bits per heavy atom. The quantitative estimate of drug-likeness (QED) is 0.617. The fourth-order valence-electron chi connectivity index (χ4n) is 4.12. The fraction of sp³-hybridized carbons (Fsp3) is 0.360. The largest absolute Gasteiger partial charge is 0.497 e. The van der Waals surface area contributed by atoms with E-state index in [4.69, 9.17) is 9.72 Å². The molecule has 32 heavy (non-hydrogen) atoms. The molecule has 0 aliphatic carbocycles. The Labute approximate surface area is 188 Å². The van der Waals surface area contributed by atoms with Crippen LogP contribution in [0.1, 0.15) is 51.8 Å². The van der Waals surface area contributed by atoms with E-state index in [1.807, 2.05) is 43.6 Å². The van der Waals surface area contributed by atoms with Crippen LogP contribution in [0.4, 0.5) is 0 Å². The summed E-state index contributed by atoms with van der Waals surface area (Å²) in [6, 6.07) is 11.8. The van der Waals surface area contributed by atoms with Gasteiger partial charge >= 0.3 is 0 Å². The van der Waals surface area contributed by atoms with Gasteiger partial charge in [-0.05, 0) is 61.7 Å². The lowest BCUT2D eigenvalue weighted by molar-refractivity contribution is 0.0949. The highest BCUT2D eigenvalue weighted by atomic mass is 16.5. The topological polar surface area (TPSA) is 80.2 Å². The molecule has 1 N–H and O–H groups in total. The lowest BCUT2D eigenvalue weighted by atomic mass is 9.96. The highest BCUT2D eigenvalue weighted by Crippen LogP contribution is 2.26. The third kappa shape index (κ3) is 5.48. The Balaban J connectivity index is 1.38. The summed E-state index contributed by atoms with van der Waals surface area (Å²) in [5.41, 5.74) is 3.47. The van der Waals surface area contributed by atoms with Crippen LogP contribution in [0.2, 0.25) is 0 Å². The van der Waals surface area contributed by atoms with E-state index in [-0.39, 0.29) is 11.8 Å². The number of ether oxygens (including phenoxy) is 1. The second-order valence-corrected chi connectivity index (χ2v) is 8.19. The molecule has 7 nitrogen and oxygen atoms in total. The van der Waals surface area contributed by atoms with Gasteiger partial charge in [0, 0.05) is 44.1 Å². The molecule has 1 amide bonds. The highest BCUT2D eigenvalue weighted by Gasteiger charge is 2.24. The molecule has 1 aromatic carbocycles. The molecule has 1 atom stereocenters. The maximum absolute atomic E-state index is 12.7. The Hall–Kier alpha value is -3.32. The maximum Gasteiger partial charge on any atom is 0.254 e. The van der Waals surface area contributed by atoms with Gasteiger partial charge in [0.15, 0.2) is 0 Å². The normalized spacial score (nSPS) is 16.5. The van der Waals surface area contributed by atoms with Crippen LogP contribution in [0.3, 0.4) is 0 Å². The van der Waals surface area contributed by atoms with Crippen molar-refractivity contribution in [2.24, 2.45) is 0 Å². The SMILES string of the molecule is COc1cccc(CNC(=O)c2cnc([C@H]3CCCN(Cc4ccncc4)C3)nc2C)c1. The number of carbonyl (C=O) groups is 1. The van der Waals surface area contributed by atoms with Gasteiger partial charge in [0.2, 0.25) is 0 Å². The van der Waals surface area contributed by atoms with Crippen molar-refractivity contribution in [3.63, 3.8) is 0 Å². The zero-order valence-electron chi connectivity index (χ0n) is 18.6. The van der Waals surface area contributed by atoms with Crippen LogP contribution in [0.25, 0.3) is 0 Å². The fourth-order valence-corrected chi connectivity index (χ4v) is 4.12. The lowest BCUT2D eigenvalue weighted by Gasteiger charge is -2.32. The number of rotatable bonds is 7. The third-order valence-electron chi connectivity index (χ3n) is 5.86. The maximum atomic E-state index is 12.7. The van der Waals surface area contributed by atoms with Crippen LogP contribution in [0, 0.1) is 6.92 Å². The summed E-state index contributed by atoms with van der Waals surface area (Å²) in [6.45, 7) is 5.20. The number of methoxy groups -OCH3 is 1. The van der Waals surface area contributed by atoms with Crippen LogP contribution in [0.5, 0.6) is 5.75 Å². The molecule has 7 heteroatoms. The number of amides is 1. The van der Waals surface area contributed by atoms with Gasteiger partial charge in [-0.1, -0.05) is 12.1 Å². The number of pyridine rings is 1. The number of piperidine rings is 1. The first-order chi connectivity index (χ1) is 15.6. The number of hydrogen-bond acceptors (Lipinski definition) is 6. The van der Waals surface area contributed by atoms with E-state index in [0.717, 1.165) is 49.6 Å². The molecular formula is C25H29N5O2. The zero-order chi connectivity index (χ0) is 22.3. The molecule has 0 spiro atoms. The van der Waals surface area contributed by atoms with E-state index in [1.165, 1.54) is 5.56 Å². The molecule has 0 saturated carbocycles. The molecule has 4 rings (SSSR count). The molecule has 3 heterocycles. The van der Waals surface area contributed by atoms with Crippen LogP contribution in [-0.4, -0.2) is 46.0 Å². The van der Waals surface area contributed by atoms with E-state index in [9.17, 15) is 4.79 Å². The van der Waals surface area contributed by atoms with Crippen molar-refractivity contribution in [2.45, 2.75) is 38.8 Å². The van der Waals surface area contributed by atoms with Gasteiger partial charge < -0.3 is 10.1 Å².